The molecule has 2 rings (SSSR count). The number of amides is 1. The smallest absolute Gasteiger partial charge is 0.289 e. The van der Waals surface area contributed by atoms with Crippen LogP contribution < -0.4 is 0 Å². The monoisotopic (exact) mass is 397 g/mol. The number of piperazine rings is 1. The second-order valence-electron chi connectivity index (χ2n) is 6.70. The Morgan fingerprint density at radius 2 is 1.81 bits per heavy atom. The minimum Gasteiger partial charge on any atom is -0.340 e. The first-order chi connectivity index (χ1) is 12.8. The van der Waals surface area contributed by atoms with Crippen molar-refractivity contribution in [2.45, 2.75) is 44.4 Å². The van der Waals surface area contributed by atoms with E-state index < -0.39 is 20.6 Å². The van der Waals surface area contributed by atoms with Gasteiger partial charge in [-0.15, -0.1) is 0 Å². The molecule has 1 aromatic rings. The van der Waals surface area contributed by atoms with Gasteiger partial charge < -0.3 is 4.90 Å². The van der Waals surface area contributed by atoms with Gasteiger partial charge in [0.25, 0.3) is 5.69 Å². The van der Waals surface area contributed by atoms with E-state index in [0.717, 1.165) is 25.7 Å². The Morgan fingerprint density at radius 1 is 1.19 bits per heavy atom. The Hall–Kier alpha value is -2.00. The third kappa shape index (κ3) is 4.84. The molecule has 1 aliphatic rings. The molecule has 27 heavy (non-hydrogen) atoms. The average molecular weight is 397 g/mol. The first kappa shape index (κ1) is 21.3. The summed E-state index contributed by atoms with van der Waals surface area (Å²) < 4.78 is 26.9. The minimum absolute atomic E-state index is 0.0247. The summed E-state index contributed by atoms with van der Waals surface area (Å²) in [5, 5.41) is 11.2. The van der Waals surface area contributed by atoms with Gasteiger partial charge in [0.2, 0.25) is 15.9 Å². The summed E-state index contributed by atoms with van der Waals surface area (Å²) in [5.41, 5.74) is -0.429. The first-order valence-electron chi connectivity index (χ1n) is 9.35. The lowest BCUT2D eigenvalue weighted by molar-refractivity contribution is -0.387. The van der Waals surface area contributed by atoms with Gasteiger partial charge in [0.05, 0.1) is 4.92 Å². The second kappa shape index (κ2) is 9.27. The van der Waals surface area contributed by atoms with Gasteiger partial charge in [-0.05, 0) is 18.9 Å². The molecule has 1 amide bonds. The number of sulfonamides is 1. The molecule has 1 atom stereocenters. The molecule has 1 fully saturated rings. The molecule has 0 aromatic heterocycles. The Morgan fingerprint density at radius 3 is 2.37 bits per heavy atom. The molecule has 150 valence electrons. The average Bonchev–Trinajstić information content (AvgIpc) is 2.68. The number of para-hydroxylation sites is 1. The molecular formula is C18H27N3O5S. The van der Waals surface area contributed by atoms with E-state index in [1.165, 1.54) is 28.6 Å². The molecule has 1 aromatic carbocycles. The van der Waals surface area contributed by atoms with Crippen LogP contribution in [0, 0.1) is 16.0 Å². The maximum Gasteiger partial charge on any atom is 0.289 e. The number of rotatable bonds is 8. The highest BCUT2D eigenvalue weighted by Crippen LogP contribution is 2.27. The van der Waals surface area contributed by atoms with Crippen LogP contribution in [-0.2, 0) is 14.8 Å². The normalized spacial score (nSPS) is 16.9. The number of hydrogen-bond acceptors (Lipinski definition) is 5. The van der Waals surface area contributed by atoms with Gasteiger partial charge in [0.15, 0.2) is 4.90 Å². The lowest BCUT2D eigenvalue weighted by atomic mass is 9.97. The third-order valence-corrected chi connectivity index (χ3v) is 6.92. The van der Waals surface area contributed by atoms with E-state index in [-0.39, 0.29) is 29.8 Å². The number of hydrogen-bond donors (Lipinski definition) is 0. The van der Waals surface area contributed by atoms with Crippen LogP contribution in [0.5, 0.6) is 0 Å². The minimum atomic E-state index is -3.97. The zero-order chi connectivity index (χ0) is 20.0. The molecule has 0 saturated carbocycles. The summed E-state index contributed by atoms with van der Waals surface area (Å²) in [6.45, 7) is 4.98. The number of benzene rings is 1. The molecule has 8 nitrogen and oxygen atoms in total. The number of carbonyl (C=O) groups excluding carboxylic acids is 1. The second-order valence-corrected chi connectivity index (χ2v) is 8.61. The van der Waals surface area contributed by atoms with Crippen molar-refractivity contribution in [2.24, 2.45) is 5.92 Å². The van der Waals surface area contributed by atoms with Gasteiger partial charge in [-0.25, -0.2) is 8.42 Å². The molecule has 0 bridgehead atoms. The zero-order valence-corrected chi connectivity index (χ0v) is 16.7. The summed E-state index contributed by atoms with van der Waals surface area (Å²) in [6, 6.07) is 5.35. The van der Waals surface area contributed by atoms with Crippen LogP contribution in [0.15, 0.2) is 29.2 Å². The van der Waals surface area contributed by atoms with Gasteiger partial charge in [-0.3, -0.25) is 14.9 Å². The molecule has 1 heterocycles. The van der Waals surface area contributed by atoms with Gasteiger partial charge in [-0.2, -0.15) is 4.31 Å². The largest absolute Gasteiger partial charge is 0.340 e. The Labute approximate surface area is 160 Å². The van der Waals surface area contributed by atoms with E-state index in [0.29, 0.717) is 13.1 Å². The SMILES string of the molecule is CCCCC(CC)C(=O)N1CCN(S(=O)(=O)c2ccccc2[N+](=O)[O-])CC1. The number of nitrogens with zero attached hydrogens (tertiary/aromatic N) is 3. The summed E-state index contributed by atoms with van der Waals surface area (Å²) in [6.07, 6.45) is 3.65. The van der Waals surface area contributed by atoms with Crippen molar-refractivity contribution in [3.8, 4) is 0 Å². The standard InChI is InChI=1S/C18H27N3O5S/c1-3-5-8-15(4-2)18(22)19-11-13-20(14-12-19)27(25,26)17-10-7-6-9-16(17)21(23)24/h6-7,9-10,15H,3-5,8,11-14H2,1-2H3. The van der Waals surface area contributed by atoms with E-state index in [1.807, 2.05) is 6.92 Å². The van der Waals surface area contributed by atoms with E-state index in [2.05, 4.69) is 6.92 Å². The summed E-state index contributed by atoms with van der Waals surface area (Å²) in [5.74, 6) is 0.0528. The molecule has 0 radical (unpaired) electrons. The van der Waals surface area contributed by atoms with Crippen molar-refractivity contribution >= 4 is 21.6 Å². The Balaban J connectivity index is 2.09. The summed E-state index contributed by atoms with van der Waals surface area (Å²) in [4.78, 5) is 24.6. The summed E-state index contributed by atoms with van der Waals surface area (Å²) >= 11 is 0. The van der Waals surface area contributed by atoms with Crippen molar-refractivity contribution in [3.63, 3.8) is 0 Å². The van der Waals surface area contributed by atoms with Crippen molar-refractivity contribution in [1.29, 1.82) is 0 Å². The van der Waals surface area contributed by atoms with Crippen LogP contribution in [0.1, 0.15) is 39.5 Å². The maximum absolute atomic E-state index is 12.8. The van der Waals surface area contributed by atoms with Gasteiger partial charge in [0.1, 0.15) is 0 Å². The molecule has 1 aliphatic heterocycles. The number of nitro groups is 1. The number of unbranched alkanes of at least 4 members (excludes halogenated alkanes) is 1. The highest BCUT2D eigenvalue weighted by molar-refractivity contribution is 7.89. The van der Waals surface area contributed by atoms with Crippen LogP contribution in [0.2, 0.25) is 0 Å². The van der Waals surface area contributed by atoms with Crippen molar-refractivity contribution in [2.75, 3.05) is 26.2 Å². The quantitative estimate of drug-likeness (QED) is 0.496. The van der Waals surface area contributed by atoms with E-state index in [4.69, 9.17) is 0 Å². The number of nitro benzene ring substituents is 1. The lowest BCUT2D eigenvalue weighted by Crippen LogP contribution is -2.51. The van der Waals surface area contributed by atoms with E-state index in [9.17, 15) is 23.3 Å². The highest BCUT2D eigenvalue weighted by Gasteiger charge is 2.35. The molecule has 1 unspecified atom stereocenters. The van der Waals surface area contributed by atoms with Gasteiger partial charge in [0, 0.05) is 38.2 Å². The van der Waals surface area contributed by atoms with E-state index in [1.54, 1.807) is 4.90 Å². The molecule has 1 saturated heterocycles. The predicted octanol–water partition coefficient (Wildman–Crippen LogP) is 2.64. The fourth-order valence-corrected chi connectivity index (χ4v) is 4.90. The zero-order valence-electron chi connectivity index (χ0n) is 15.8. The van der Waals surface area contributed by atoms with Crippen molar-refractivity contribution in [1.82, 2.24) is 9.21 Å². The topological polar surface area (TPSA) is 101 Å². The Bertz CT molecular complexity index is 773. The van der Waals surface area contributed by atoms with Gasteiger partial charge in [-0.1, -0.05) is 38.8 Å². The Kier molecular flexibility index (Phi) is 7.32. The first-order valence-corrected chi connectivity index (χ1v) is 10.8. The van der Waals surface area contributed by atoms with Crippen molar-refractivity contribution < 1.29 is 18.1 Å². The van der Waals surface area contributed by atoms with Crippen LogP contribution in [0.4, 0.5) is 5.69 Å². The predicted molar refractivity (Wildman–Crippen MR) is 102 cm³/mol. The van der Waals surface area contributed by atoms with Crippen LogP contribution in [0.25, 0.3) is 0 Å². The summed E-state index contributed by atoms with van der Waals surface area (Å²) in [7, 11) is -3.97. The number of carbonyl (C=O) groups is 1. The molecular weight excluding hydrogens is 370 g/mol. The molecule has 0 aliphatic carbocycles. The maximum atomic E-state index is 12.8. The van der Waals surface area contributed by atoms with Crippen molar-refractivity contribution in [3.05, 3.63) is 34.4 Å². The van der Waals surface area contributed by atoms with Gasteiger partial charge >= 0.3 is 0 Å². The fourth-order valence-electron chi connectivity index (χ4n) is 3.32. The molecule has 9 heteroatoms. The third-order valence-electron chi connectivity index (χ3n) is 4.98. The van der Waals surface area contributed by atoms with Crippen LogP contribution >= 0.6 is 0 Å². The van der Waals surface area contributed by atoms with Crippen LogP contribution in [-0.4, -0.2) is 54.6 Å². The van der Waals surface area contributed by atoms with Crippen LogP contribution in [0.3, 0.4) is 0 Å². The van der Waals surface area contributed by atoms with E-state index >= 15 is 0 Å². The molecule has 0 N–H and O–H groups in total. The molecule has 0 spiro atoms. The highest BCUT2D eigenvalue weighted by atomic mass is 32.2. The lowest BCUT2D eigenvalue weighted by Gasteiger charge is -2.35. The fraction of sp³-hybridized carbons (Fsp3) is 0.611.